The van der Waals surface area contributed by atoms with Crippen LogP contribution in [0.4, 0.5) is 4.39 Å². The van der Waals surface area contributed by atoms with Gasteiger partial charge in [-0.05, 0) is 48.0 Å². The second kappa shape index (κ2) is 7.17. The Kier molecular flexibility index (Phi) is 4.32. The second-order valence-corrected chi connectivity index (χ2v) is 7.03. The molecule has 0 atom stereocenters. The maximum atomic E-state index is 13.6. The SMILES string of the molecule is O=C1c2ccccc2C(=O)N1Cc1cccc(-c2nc(-c3ccc(O)c(F)c3)no2)c1. The summed E-state index contributed by atoms with van der Waals surface area (Å²) in [7, 11) is 0. The summed E-state index contributed by atoms with van der Waals surface area (Å²) < 4.78 is 18.9. The summed E-state index contributed by atoms with van der Waals surface area (Å²) in [6.07, 6.45) is 0. The van der Waals surface area contributed by atoms with Crippen molar-refractivity contribution >= 4 is 11.8 Å². The highest BCUT2D eigenvalue weighted by Crippen LogP contribution is 2.28. The van der Waals surface area contributed by atoms with Crippen molar-refractivity contribution < 1.29 is 23.6 Å². The van der Waals surface area contributed by atoms with Gasteiger partial charge in [-0.1, -0.05) is 29.4 Å². The lowest BCUT2D eigenvalue weighted by Crippen LogP contribution is -2.29. The molecular formula is C23H14FN3O4. The number of imide groups is 1. The van der Waals surface area contributed by atoms with Crippen molar-refractivity contribution in [3.05, 3.63) is 89.2 Å². The van der Waals surface area contributed by atoms with Crippen LogP contribution in [-0.2, 0) is 6.54 Å². The Morgan fingerprint density at radius 1 is 0.903 bits per heavy atom. The number of phenols is 1. The molecule has 1 aromatic heterocycles. The molecule has 0 bridgehead atoms. The van der Waals surface area contributed by atoms with Crippen LogP contribution in [0.2, 0.25) is 0 Å². The zero-order chi connectivity index (χ0) is 21.5. The predicted octanol–water partition coefficient (Wildman–Crippen LogP) is 4.04. The Labute approximate surface area is 175 Å². The maximum Gasteiger partial charge on any atom is 0.261 e. The predicted molar refractivity (Wildman–Crippen MR) is 107 cm³/mol. The van der Waals surface area contributed by atoms with E-state index in [1.54, 1.807) is 48.5 Å². The van der Waals surface area contributed by atoms with Crippen LogP contribution < -0.4 is 0 Å². The minimum Gasteiger partial charge on any atom is -0.505 e. The lowest BCUT2D eigenvalue weighted by atomic mass is 10.1. The largest absolute Gasteiger partial charge is 0.505 e. The van der Waals surface area contributed by atoms with Gasteiger partial charge in [0.15, 0.2) is 11.6 Å². The third kappa shape index (κ3) is 3.24. The molecule has 0 spiro atoms. The molecule has 0 aliphatic carbocycles. The van der Waals surface area contributed by atoms with Crippen LogP contribution in [-0.4, -0.2) is 32.0 Å². The molecule has 4 aromatic rings. The number of aromatic nitrogens is 2. The first kappa shape index (κ1) is 18.7. The van der Waals surface area contributed by atoms with E-state index in [1.807, 2.05) is 0 Å². The summed E-state index contributed by atoms with van der Waals surface area (Å²) in [5, 5.41) is 13.2. The fourth-order valence-electron chi connectivity index (χ4n) is 3.47. The molecule has 0 saturated heterocycles. The summed E-state index contributed by atoms with van der Waals surface area (Å²) in [4.78, 5) is 30.7. The first-order valence-electron chi connectivity index (χ1n) is 9.38. The number of halogens is 1. The summed E-state index contributed by atoms with van der Waals surface area (Å²) in [5.74, 6) is -1.55. The summed E-state index contributed by atoms with van der Waals surface area (Å²) in [5.41, 5.74) is 2.44. The van der Waals surface area contributed by atoms with Gasteiger partial charge in [-0.3, -0.25) is 14.5 Å². The lowest BCUT2D eigenvalue weighted by Gasteiger charge is -2.14. The number of benzene rings is 3. The molecule has 8 heteroatoms. The Hall–Kier alpha value is -4.33. The number of hydrogen-bond donors (Lipinski definition) is 1. The van der Waals surface area contributed by atoms with E-state index in [1.165, 1.54) is 17.0 Å². The van der Waals surface area contributed by atoms with Gasteiger partial charge >= 0.3 is 0 Å². The Morgan fingerprint density at radius 2 is 1.65 bits per heavy atom. The fourth-order valence-corrected chi connectivity index (χ4v) is 3.47. The van der Waals surface area contributed by atoms with Gasteiger partial charge in [0.05, 0.1) is 17.7 Å². The number of phenolic OH excluding ortho intramolecular Hbond substituents is 1. The van der Waals surface area contributed by atoms with Gasteiger partial charge in [-0.25, -0.2) is 4.39 Å². The topological polar surface area (TPSA) is 96.5 Å². The summed E-state index contributed by atoms with van der Waals surface area (Å²) >= 11 is 0. The number of carbonyl (C=O) groups excluding carboxylic acids is 2. The maximum absolute atomic E-state index is 13.6. The molecule has 0 unspecified atom stereocenters. The molecule has 3 aromatic carbocycles. The molecule has 5 rings (SSSR count). The van der Waals surface area contributed by atoms with Crippen molar-refractivity contribution in [1.29, 1.82) is 0 Å². The first-order valence-corrected chi connectivity index (χ1v) is 9.38. The van der Waals surface area contributed by atoms with Crippen LogP contribution in [0.15, 0.2) is 71.3 Å². The Bertz CT molecular complexity index is 1310. The Morgan fingerprint density at radius 3 is 2.35 bits per heavy atom. The quantitative estimate of drug-likeness (QED) is 0.505. The molecular weight excluding hydrogens is 401 g/mol. The second-order valence-electron chi connectivity index (χ2n) is 7.03. The number of hydrogen-bond acceptors (Lipinski definition) is 6. The minimum atomic E-state index is -0.785. The number of fused-ring (bicyclic) bond motifs is 1. The van der Waals surface area contributed by atoms with Gasteiger partial charge in [0.25, 0.3) is 17.7 Å². The fraction of sp³-hybridized carbons (Fsp3) is 0.0435. The van der Waals surface area contributed by atoms with Crippen LogP contribution >= 0.6 is 0 Å². The van der Waals surface area contributed by atoms with Crippen LogP contribution in [0.3, 0.4) is 0 Å². The monoisotopic (exact) mass is 415 g/mol. The minimum absolute atomic E-state index is 0.102. The van der Waals surface area contributed by atoms with E-state index in [4.69, 9.17) is 4.52 Å². The lowest BCUT2D eigenvalue weighted by molar-refractivity contribution is 0.0642. The van der Waals surface area contributed by atoms with Crippen LogP contribution in [0.1, 0.15) is 26.3 Å². The number of rotatable bonds is 4. The van der Waals surface area contributed by atoms with E-state index in [9.17, 15) is 19.1 Å². The molecule has 152 valence electrons. The average Bonchev–Trinajstić information content (AvgIpc) is 3.37. The van der Waals surface area contributed by atoms with Crippen LogP contribution in [0, 0.1) is 5.82 Å². The van der Waals surface area contributed by atoms with Gasteiger partial charge in [0, 0.05) is 11.1 Å². The smallest absolute Gasteiger partial charge is 0.261 e. The highest BCUT2D eigenvalue weighted by molar-refractivity contribution is 6.21. The standard InChI is InChI=1S/C23H14FN3O4/c24-18-11-14(8-9-19(18)28)20-25-21(31-26-20)15-5-3-4-13(10-15)12-27-22(29)16-6-1-2-7-17(16)23(27)30/h1-11,28H,12H2. The van der Waals surface area contributed by atoms with E-state index in [2.05, 4.69) is 10.1 Å². The number of carbonyl (C=O) groups is 2. The molecule has 1 aliphatic rings. The van der Waals surface area contributed by atoms with Gasteiger partial charge in [-0.2, -0.15) is 4.98 Å². The third-order valence-corrected chi connectivity index (χ3v) is 5.02. The van der Waals surface area contributed by atoms with Crippen molar-refractivity contribution in [2.45, 2.75) is 6.54 Å². The van der Waals surface area contributed by atoms with E-state index in [0.29, 0.717) is 27.8 Å². The zero-order valence-electron chi connectivity index (χ0n) is 15.9. The highest BCUT2D eigenvalue weighted by Gasteiger charge is 2.35. The van der Waals surface area contributed by atoms with E-state index in [-0.39, 0.29) is 30.1 Å². The zero-order valence-corrected chi connectivity index (χ0v) is 15.9. The molecule has 2 amide bonds. The van der Waals surface area contributed by atoms with Crippen molar-refractivity contribution in [2.24, 2.45) is 0 Å². The molecule has 2 heterocycles. The van der Waals surface area contributed by atoms with E-state index in [0.717, 1.165) is 6.07 Å². The molecule has 0 fully saturated rings. The van der Waals surface area contributed by atoms with Crippen molar-refractivity contribution in [3.8, 4) is 28.6 Å². The summed E-state index contributed by atoms with van der Waals surface area (Å²) in [6.45, 7) is 0.102. The molecule has 7 nitrogen and oxygen atoms in total. The van der Waals surface area contributed by atoms with Gasteiger partial charge in [0.1, 0.15) is 0 Å². The number of amides is 2. The van der Waals surface area contributed by atoms with Crippen molar-refractivity contribution in [1.82, 2.24) is 15.0 Å². The van der Waals surface area contributed by atoms with E-state index >= 15 is 0 Å². The van der Waals surface area contributed by atoms with Gasteiger partial charge in [-0.15, -0.1) is 0 Å². The van der Waals surface area contributed by atoms with Crippen LogP contribution in [0.5, 0.6) is 5.75 Å². The van der Waals surface area contributed by atoms with Crippen molar-refractivity contribution in [2.75, 3.05) is 0 Å². The first-order chi connectivity index (χ1) is 15.0. The summed E-state index contributed by atoms with van der Waals surface area (Å²) in [6, 6.07) is 17.6. The third-order valence-electron chi connectivity index (χ3n) is 5.02. The van der Waals surface area contributed by atoms with E-state index < -0.39 is 11.6 Å². The van der Waals surface area contributed by atoms with Gasteiger partial charge < -0.3 is 9.63 Å². The molecule has 1 N–H and O–H groups in total. The Balaban J connectivity index is 1.40. The molecule has 31 heavy (non-hydrogen) atoms. The van der Waals surface area contributed by atoms with Crippen LogP contribution in [0.25, 0.3) is 22.8 Å². The number of aromatic hydroxyl groups is 1. The molecule has 0 radical (unpaired) electrons. The highest BCUT2D eigenvalue weighted by atomic mass is 19.1. The average molecular weight is 415 g/mol. The molecule has 0 saturated carbocycles. The number of nitrogens with zero attached hydrogens (tertiary/aromatic N) is 3. The van der Waals surface area contributed by atoms with Crippen molar-refractivity contribution in [3.63, 3.8) is 0 Å². The van der Waals surface area contributed by atoms with Gasteiger partial charge in [0.2, 0.25) is 5.82 Å². The normalized spacial score (nSPS) is 13.0. The molecule has 1 aliphatic heterocycles.